The summed E-state index contributed by atoms with van der Waals surface area (Å²) < 4.78 is 19.0. The number of aromatic nitrogens is 1. The second-order valence-corrected chi connectivity index (χ2v) is 7.75. The van der Waals surface area contributed by atoms with Crippen LogP contribution in [0.4, 0.5) is 10.2 Å². The van der Waals surface area contributed by atoms with Gasteiger partial charge in [-0.1, -0.05) is 30.9 Å². The van der Waals surface area contributed by atoms with Crippen LogP contribution in [0.15, 0.2) is 36.5 Å². The van der Waals surface area contributed by atoms with Gasteiger partial charge in [-0.25, -0.2) is 9.37 Å². The molecule has 1 fully saturated rings. The van der Waals surface area contributed by atoms with Crippen molar-refractivity contribution < 1.29 is 18.7 Å². The van der Waals surface area contributed by atoms with Gasteiger partial charge in [-0.2, -0.15) is 0 Å². The van der Waals surface area contributed by atoms with Crippen molar-refractivity contribution in [1.29, 1.82) is 0 Å². The molecule has 0 radical (unpaired) electrons. The lowest BCUT2D eigenvalue weighted by atomic mass is 9.90. The van der Waals surface area contributed by atoms with Gasteiger partial charge in [-0.3, -0.25) is 9.59 Å². The van der Waals surface area contributed by atoms with Gasteiger partial charge in [-0.15, -0.1) is 0 Å². The molecule has 0 aliphatic heterocycles. The molecule has 160 valence electrons. The predicted octanol–water partition coefficient (Wildman–Crippen LogP) is 4.59. The van der Waals surface area contributed by atoms with Crippen molar-refractivity contribution in [2.75, 3.05) is 18.5 Å². The fraction of sp³-hybridized carbons (Fsp3) is 0.409. The quantitative estimate of drug-likeness (QED) is 0.638. The van der Waals surface area contributed by atoms with E-state index in [1.807, 2.05) is 0 Å². The normalized spacial score (nSPS) is 14.2. The Kier molecular flexibility index (Phi) is 8.02. The Morgan fingerprint density at radius 3 is 2.77 bits per heavy atom. The first-order valence-corrected chi connectivity index (χ1v) is 10.5. The van der Waals surface area contributed by atoms with Gasteiger partial charge in [-0.05, 0) is 49.1 Å². The average Bonchev–Trinajstić information content (AvgIpc) is 2.73. The van der Waals surface area contributed by atoms with E-state index in [2.05, 4.69) is 15.6 Å². The number of amides is 2. The lowest BCUT2D eigenvalue weighted by molar-refractivity contribution is -0.116. The molecule has 30 heavy (non-hydrogen) atoms. The van der Waals surface area contributed by atoms with Crippen LogP contribution in [0.3, 0.4) is 0 Å². The van der Waals surface area contributed by atoms with Gasteiger partial charge < -0.3 is 15.4 Å². The molecule has 1 saturated carbocycles. The van der Waals surface area contributed by atoms with Crippen LogP contribution < -0.4 is 15.4 Å². The highest BCUT2D eigenvalue weighted by molar-refractivity contribution is 6.33. The van der Waals surface area contributed by atoms with Gasteiger partial charge >= 0.3 is 0 Å². The van der Waals surface area contributed by atoms with E-state index in [1.54, 1.807) is 18.3 Å². The minimum Gasteiger partial charge on any atom is -0.489 e. The number of halogens is 2. The fourth-order valence-corrected chi connectivity index (χ4v) is 3.67. The molecular formula is C22H25ClFN3O3. The minimum atomic E-state index is -0.521. The Hall–Kier alpha value is -2.67. The van der Waals surface area contributed by atoms with E-state index < -0.39 is 11.7 Å². The van der Waals surface area contributed by atoms with Gasteiger partial charge in [0.1, 0.15) is 5.82 Å². The summed E-state index contributed by atoms with van der Waals surface area (Å²) in [6.45, 7) is 0.715. The maximum absolute atomic E-state index is 13.1. The average molecular weight is 434 g/mol. The van der Waals surface area contributed by atoms with E-state index in [0.717, 1.165) is 12.1 Å². The van der Waals surface area contributed by atoms with Gasteiger partial charge in [0, 0.05) is 19.2 Å². The first kappa shape index (κ1) is 22.0. The standard InChI is InChI=1S/C22H25ClFN3O3/c23-18-13-16(24)8-9-17(18)22(29)26-12-10-20(28)27-21-19(7-4-11-25-21)30-14-15-5-2-1-3-6-15/h4,7-9,11,13,15H,1-3,5-6,10,12,14H2,(H,26,29)(H,25,27,28). The summed E-state index contributed by atoms with van der Waals surface area (Å²) in [5, 5.41) is 5.35. The van der Waals surface area contributed by atoms with Crippen LogP contribution in [-0.2, 0) is 4.79 Å². The van der Waals surface area contributed by atoms with E-state index in [4.69, 9.17) is 16.3 Å². The molecule has 0 atom stereocenters. The number of carbonyl (C=O) groups excluding carboxylic acids is 2. The fourth-order valence-electron chi connectivity index (χ4n) is 3.42. The third-order valence-corrected chi connectivity index (χ3v) is 5.35. The molecule has 1 heterocycles. The molecule has 6 nitrogen and oxygen atoms in total. The molecule has 1 aromatic heterocycles. The predicted molar refractivity (Wildman–Crippen MR) is 113 cm³/mol. The van der Waals surface area contributed by atoms with E-state index in [0.29, 0.717) is 24.1 Å². The number of ether oxygens (including phenoxy) is 1. The van der Waals surface area contributed by atoms with Crippen LogP contribution in [0.25, 0.3) is 0 Å². The molecule has 2 N–H and O–H groups in total. The van der Waals surface area contributed by atoms with E-state index in [1.165, 1.54) is 38.2 Å². The summed E-state index contributed by atoms with van der Waals surface area (Å²) in [4.78, 5) is 28.6. The number of benzene rings is 1. The summed E-state index contributed by atoms with van der Waals surface area (Å²) in [5.74, 6) is 0.150. The number of carbonyl (C=O) groups is 2. The molecule has 1 aliphatic rings. The SMILES string of the molecule is O=C(CCNC(=O)c1ccc(F)cc1Cl)Nc1ncccc1OCC1CCCCC1. The van der Waals surface area contributed by atoms with Gasteiger partial charge in [0.25, 0.3) is 5.91 Å². The summed E-state index contributed by atoms with van der Waals surface area (Å²) in [6.07, 6.45) is 7.72. The number of nitrogens with one attached hydrogen (secondary N) is 2. The Morgan fingerprint density at radius 2 is 2.00 bits per heavy atom. The Bertz CT molecular complexity index is 888. The van der Waals surface area contributed by atoms with E-state index in [9.17, 15) is 14.0 Å². The maximum atomic E-state index is 13.1. The number of anilines is 1. The Labute approximate surface area is 180 Å². The van der Waals surface area contributed by atoms with Crippen molar-refractivity contribution in [1.82, 2.24) is 10.3 Å². The topological polar surface area (TPSA) is 80.3 Å². The van der Waals surface area contributed by atoms with Gasteiger partial charge in [0.15, 0.2) is 11.6 Å². The molecule has 3 rings (SSSR count). The molecule has 0 saturated heterocycles. The summed E-state index contributed by atoms with van der Waals surface area (Å²) >= 11 is 5.87. The van der Waals surface area contributed by atoms with Crippen LogP contribution in [0.5, 0.6) is 5.75 Å². The van der Waals surface area contributed by atoms with Crippen LogP contribution in [0, 0.1) is 11.7 Å². The first-order chi connectivity index (χ1) is 14.5. The highest BCUT2D eigenvalue weighted by Crippen LogP contribution is 2.27. The maximum Gasteiger partial charge on any atom is 0.252 e. The third kappa shape index (κ3) is 6.42. The van der Waals surface area contributed by atoms with E-state index in [-0.39, 0.29) is 29.5 Å². The molecular weight excluding hydrogens is 409 g/mol. The molecule has 8 heteroatoms. The largest absolute Gasteiger partial charge is 0.489 e. The summed E-state index contributed by atoms with van der Waals surface area (Å²) in [6, 6.07) is 7.07. The van der Waals surface area contributed by atoms with Crippen molar-refractivity contribution in [2.45, 2.75) is 38.5 Å². The van der Waals surface area contributed by atoms with E-state index >= 15 is 0 Å². The van der Waals surface area contributed by atoms with Crippen molar-refractivity contribution in [2.24, 2.45) is 5.92 Å². The smallest absolute Gasteiger partial charge is 0.252 e. The minimum absolute atomic E-state index is 0.0187. The van der Waals surface area contributed by atoms with Crippen LogP contribution >= 0.6 is 11.6 Å². The molecule has 0 unspecified atom stereocenters. The van der Waals surface area contributed by atoms with Gasteiger partial charge in [0.2, 0.25) is 5.91 Å². The number of rotatable bonds is 8. The lowest BCUT2D eigenvalue weighted by Crippen LogP contribution is -2.28. The highest BCUT2D eigenvalue weighted by Gasteiger charge is 2.16. The molecule has 2 amide bonds. The summed E-state index contributed by atoms with van der Waals surface area (Å²) in [5.41, 5.74) is 0.154. The summed E-state index contributed by atoms with van der Waals surface area (Å²) in [7, 11) is 0. The Balaban J connectivity index is 1.47. The number of pyridine rings is 1. The first-order valence-electron chi connectivity index (χ1n) is 10.1. The second-order valence-electron chi connectivity index (χ2n) is 7.34. The highest BCUT2D eigenvalue weighted by atomic mass is 35.5. The van der Waals surface area contributed by atoms with Crippen LogP contribution in [0.1, 0.15) is 48.9 Å². The number of nitrogens with zero attached hydrogens (tertiary/aromatic N) is 1. The van der Waals surface area contributed by atoms with Crippen LogP contribution in [0.2, 0.25) is 5.02 Å². The second kappa shape index (κ2) is 10.9. The molecule has 1 aliphatic carbocycles. The third-order valence-electron chi connectivity index (χ3n) is 5.04. The van der Waals surface area contributed by atoms with Crippen LogP contribution in [-0.4, -0.2) is 29.9 Å². The van der Waals surface area contributed by atoms with Crippen molar-refractivity contribution in [3.8, 4) is 5.75 Å². The lowest BCUT2D eigenvalue weighted by Gasteiger charge is -2.22. The number of hydrogen-bond acceptors (Lipinski definition) is 4. The molecule has 2 aromatic rings. The number of hydrogen-bond donors (Lipinski definition) is 2. The Morgan fingerprint density at radius 1 is 1.20 bits per heavy atom. The zero-order valence-electron chi connectivity index (χ0n) is 16.6. The molecule has 0 spiro atoms. The zero-order chi connectivity index (χ0) is 21.3. The zero-order valence-corrected chi connectivity index (χ0v) is 17.4. The van der Waals surface area contributed by atoms with Crippen molar-refractivity contribution >= 4 is 29.2 Å². The molecule has 1 aromatic carbocycles. The van der Waals surface area contributed by atoms with Crippen molar-refractivity contribution in [3.63, 3.8) is 0 Å². The monoisotopic (exact) mass is 433 g/mol. The van der Waals surface area contributed by atoms with Gasteiger partial charge in [0.05, 0.1) is 17.2 Å². The van der Waals surface area contributed by atoms with Crippen molar-refractivity contribution in [3.05, 3.63) is 52.9 Å². The molecule has 0 bridgehead atoms.